The van der Waals surface area contributed by atoms with Crippen LogP contribution in [0.3, 0.4) is 0 Å². The number of allylic oxidation sites excluding steroid dienone is 1. The van der Waals surface area contributed by atoms with Crippen molar-refractivity contribution in [1.29, 1.82) is 0 Å². The number of fused-ring (bicyclic) bond motifs is 1. The molecular formula is C25H21BrN6O2. The fourth-order valence-electron chi connectivity index (χ4n) is 3.98. The first kappa shape index (κ1) is 21.8. The lowest BCUT2D eigenvalue weighted by Gasteiger charge is -2.28. The van der Waals surface area contributed by atoms with Crippen molar-refractivity contribution in [1.82, 2.24) is 19.7 Å². The minimum Gasteiger partial charge on any atom is -0.496 e. The molecule has 0 radical (unpaired) electrons. The average Bonchev–Trinajstić information content (AvgIpc) is 3.27. The van der Waals surface area contributed by atoms with Crippen molar-refractivity contribution in [3.05, 3.63) is 94.4 Å². The van der Waals surface area contributed by atoms with Crippen molar-refractivity contribution >= 4 is 33.5 Å². The lowest BCUT2D eigenvalue weighted by Crippen LogP contribution is -2.31. The summed E-state index contributed by atoms with van der Waals surface area (Å²) in [6.07, 6.45) is 3.27. The summed E-state index contributed by atoms with van der Waals surface area (Å²) in [7, 11) is 1.62. The van der Waals surface area contributed by atoms with Gasteiger partial charge in [0.05, 0.1) is 30.1 Å². The van der Waals surface area contributed by atoms with E-state index < -0.39 is 6.04 Å². The molecule has 0 spiro atoms. The molecule has 0 aliphatic carbocycles. The summed E-state index contributed by atoms with van der Waals surface area (Å²) in [6.45, 7) is 1.87. The Bertz CT molecular complexity index is 1380. The van der Waals surface area contributed by atoms with Crippen LogP contribution in [0, 0.1) is 0 Å². The molecule has 0 fully saturated rings. The van der Waals surface area contributed by atoms with E-state index in [9.17, 15) is 4.79 Å². The predicted molar refractivity (Wildman–Crippen MR) is 133 cm³/mol. The van der Waals surface area contributed by atoms with Crippen LogP contribution in [0.1, 0.15) is 18.5 Å². The molecule has 9 heteroatoms. The normalized spacial score (nSPS) is 14.9. The molecule has 3 heterocycles. The minimum absolute atomic E-state index is 0.245. The molecule has 2 aromatic carbocycles. The summed E-state index contributed by atoms with van der Waals surface area (Å²) in [5.41, 5.74) is 3.51. The van der Waals surface area contributed by atoms with E-state index >= 15 is 0 Å². The van der Waals surface area contributed by atoms with Gasteiger partial charge < -0.3 is 15.4 Å². The second-order valence-electron chi connectivity index (χ2n) is 7.72. The summed E-state index contributed by atoms with van der Waals surface area (Å²) < 4.78 is 8.20. The topological polar surface area (TPSA) is 94.0 Å². The highest BCUT2D eigenvalue weighted by molar-refractivity contribution is 9.10. The van der Waals surface area contributed by atoms with Crippen LogP contribution in [-0.4, -0.2) is 32.8 Å². The maximum atomic E-state index is 13.5. The van der Waals surface area contributed by atoms with Gasteiger partial charge in [0.15, 0.2) is 5.82 Å². The number of amides is 1. The van der Waals surface area contributed by atoms with Crippen molar-refractivity contribution in [2.45, 2.75) is 13.0 Å². The van der Waals surface area contributed by atoms with Crippen molar-refractivity contribution < 1.29 is 9.53 Å². The fourth-order valence-corrected chi connectivity index (χ4v) is 4.24. The average molecular weight is 517 g/mol. The summed E-state index contributed by atoms with van der Waals surface area (Å²) >= 11 is 3.49. The lowest BCUT2D eigenvalue weighted by atomic mass is 9.95. The quantitative estimate of drug-likeness (QED) is 0.386. The van der Waals surface area contributed by atoms with Crippen LogP contribution in [0.4, 0.5) is 11.6 Å². The number of halogens is 1. The number of hydrogen-bond donors (Lipinski definition) is 2. The third-order valence-electron chi connectivity index (χ3n) is 5.55. The van der Waals surface area contributed by atoms with Crippen LogP contribution in [0.25, 0.3) is 11.4 Å². The van der Waals surface area contributed by atoms with Crippen molar-refractivity contribution in [2.24, 2.45) is 0 Å². The summed E-state index contributed by atoms with van der Waals surface area (Å²) in [4.78, 5) is 22.3. The molecule has 34 heavy (non-hydrogen) atoms. The Morgan fingerprint density at radius 2 is 1.91 bits per heavy atom. The lowest BCUT2D eigenvalue weighted by molar-refractivity contribution is -0.113. The number of carbonyl (C=O) groups excluding carboxylic acids is 1. The highest BCUT2D eigenvalue weighted by Crippen LogP contribution is 2.38. The van der Waals surface area contributed by atoms with Crippen LogP contribution >= 0.6 is 15.9 Å². The van der Waals surface area contributed by atoms with Crippen LogP contribution in [0.15, 0.2) is 88.8 Å². The molecule has 1 unspecified atom stereocenters. The number of nitrogens with zero attached hydrogens (tertiary/aromatic N) is 4. The van der Waals surface area contributed by atoms with E-state index in [1.807, 2.05) is 55.5 Å². The zero-order valence-corrected chi connectivity index (χ0v) is 20.1. The molecule has 4 aromatic rings. The van der Waals surface area contributed by atoms with E-state index in [2.05, 4.69) is 31.5 Å². The van der Waals surface area contributed by atoms with Gasteiger partial charge in [0, 0.05) is 16.4 Å². The summed E-state index contributed by atoms with van der Waals surface area (Å²) in [6, 6.07) is 18.5. The summed E-state index contributed by atoms with van der Waals surface area (Å²) in [5.74, 6) is 1.48. The number of methoxy groups -OCH3 is 1. The first-order valence-electron chi connectivity index (χ1n) is 10.6. The van der Waals surface area contributed by atoms with Gasteiger partial charge in [-0.3, -0.25) is 9.78 Å². The highest BCUT2D eigenvalue weighted by Gasteiger charge is 2.34. The number of carbonyl (C=O) groups is 1. The van der Waals surface area contributed by atoms with Crippen LogP contribution in [0.2, 0.25) is 0 Å². The van der Waals surface area contributed by atoms with Gasteiger partial charge in [-0.25, -0.2) is 4.68 Å². The Labute approximate surface area is 204 Å². The fraction of sp³-hybridized carbons (Fsp3) is 0.120. The van der Waals surface area contributed by atoms with Gasteiger partial charge >= 0.3 is 0 Å². The standard InChI is InChI=1S/C25H21BrN6O2/c1-15-21(24(33)29-18-6-5-13-27-14-18)22(16-9-11-17(26)12-10-16)32-25(28-15)30-23(31-32)19-7-3-4-8-20(19)34-2/h3-14,22H,1-2H3,(H,29,33)(H,28,30,31). The molecule has 2 N–H and O–H groups in total. The summed E-state index contributed by atoms with van der Waals surface area (Å²) in [5, 5.41) is 11.0. The second kappa shape index (κ2) is 9.11. The first-order chi connectivity index (χ1) is 16.5. The Morgan fingerprint density at radius 3 is 2.65 bits per heavy atom. The molecule has 1 amide bonds. The molecule has 1 atom stereocenters. The van der Waals surface area contributed by atoms with Gasteiger partial charge in [-0.1, -0.05) is 40.2 Å². The van der Waals surface area contributed by atoms with Crippen molar-refractivity contribution in [3.8, 4) is 17.1 Å². The van der Waals surface area contributed by atoms with Gasteiger partial charge in [0.25, 0.3) is 5.91 Å². The molecular weight excluding hydrogens is 496 g/mol. The van der Waals surface area contributed by atoms with Gasteiger partial charge in [0.2, 0.25) is 5.95 Å². The SMILES string of the molecule is COc1ccccc1-c1nc2n(n1)C(c1ccc(Br)cc1)C(C(=O)Nc1cccnc1)=C(C)N2. The Hall–Kier alpha value is -3.98. The minimum atomic E-state index is -0.489. The number of anilines is 2. The third-order valence-corrected chi connectivity index (χ3v) is 6.08. The number of para-hydroxylation sites is 1. The van der Waals surface area contributed by atoms with E-state index in [0.717, 1.165) is 15.6 Å². The molecule has 0 saturated heterocycles. The Balaban J connectivity index is 1.62. The smallest absolute Gasteiger partial charge is 0.255 e. The van der Waals surface area contributed by atoms with E-state index in [0.29, 0.717) is 34.5 Å². The second-order valence-corrected chi connectivity index (χ2v) is 8.63. The largest absolute Gasteiger partial charge is 0.496 e. The molecule has 8 nitrogen and oxygen atoms in total. The van der Waals surface area contributed by atoms with Crippen molar-refractivity contribution in [3.63, 3.8) is 0 Å². The van der Waals surface area contributed by atoms with Gasteiger partial charge in [0.1, 0.15) is 11.8 Å². The van der Waals surface area contributed by atoms with E-state index in [4.69, 9.17) is 14.8 Å². The predicted octanol–water partition coefficient (Wildman–Crippen LogP) is 5.04. The van der Waals surface area contributed by atoms with E-state index in [-0.39, 0.29) is 5.91 Å². The number of aromatic nitrogens is 4. The molecule has 0 bridgehead atoms. The number of nitrogens with one attached hydrogen (secondary N) is 2. The maximum absolute atomic E-state index is 13.5. The Morgan fingerprint density at radius 1 is 1.12 bits per heavy atom. The van der Waals surface area contributed by atoms with Crippen molar-refractivity contribution in [2.75, 3.05) is 17.7 Å². The maximum Gasteiger partial charge on any atom is 0.255 e. The molecule has 1 aliphatic heterocycles. The number of pyridine rings is 1. The van der Waals surface area contributed by atoms with E-state index in [1.165, 1.54) is 0 Å². The van der Waals surface area contributed by atoms with Crippen LogP contribution in [0.5, 0.6) is 5.75 Å². The molecule has 170 valence electrons. The zero-order valence-electron chi connectivity index (χ0n) is 18.5. The first-order valence-corrected chi connectivity index (χ1v) is 11.4. The number of rotatable bonds is 5. The van der Waals surface area contributed by atoms with E-state index in [1.54, 1.807) is 36.3 Å². The van der Waals surface area contributed by atoms with Crippen LogP contribution in [-0.2, 0) is 4.79 Å². The Kier molecular flexibility index (Phi) is 5.85. The third kappa shape index (κ3) is 4.06. The zero-order chi connectivity index (χ0) is 23.7. The molecule has 0 saturated carbocycles. The molecule has 2 aromatic heterocycles. The monoisotopic (exact) mass is 516 g/mol. The van der Waals surface area contributed by atoms with Gasteiger partial charge in [-0.05, 0) is 48.9 Å². The van der Waals surface area contributed by atoms with Gasteiger partial charge in [-0.2, -0.15) is 4.98 Å². The van der Waals surface area contributed by atoms with Gasteiger partial charge in [-0.15, -0.1) is 5.10 Å². The number of hydrogen-bond acceptors (Lipinski definition) is 6. The molecule has 5 rings (SSSR count). The van der Waals surface area contributed by atoms with Crippen LogP contribution < -0.4 is 15.4 Å². The highest BCUT2D eigenvalue weighted by atomic mass is 79.9. The number of ether oxygens (including phenoxy) is 1. The number of benzene rings is 2. The molecule has 1 aliphatic rings.